The highest BCUT2D eigenvalue weighted by molar-refractivity contribution is 6.31. The maximum Gasteiger partial charge on any atom is 0.417 e. The number of nitrogens with one attached hydrogen (secondary N) is 1. The average molecular weight is 671 g/mol. The van der Waals surface area contributed by atoms with Crippen LogP contribution in [-0.2, 0) is 4.79 Å². The number of halogens is 5. The van der Waals surface area contributed by atoms with Gasteiger partial charge >= 0.3 is 6.18 Å². The van der Waals surface area contributed by atoms with Crippen LogP contribution in [-0.4, -0.2) is 36.3 Å². The van der Waals surface area contributed by atoms with Crippen molar-refractivity contribution < 1.29 is 32.3 Å². The van der Waals surface area contributed by atoms with Gasteiger partial charge in [-0.1, -0.05) is 55.8 Å². The zero-order valence-corrected chi connectivity index (χ0v) is 27.0. The molecule has 0 saturated heterocycles. The number of carbonyl (C=O) groups excluding carboxylic acids is 1. The smallest absolute Gasteiger partial charge is 0.403 e. The van der Waals surface area contributed by atoms with Crippen LogP contribution in [0.25, 0.3) is 11.1 Å². The first-order valence-corrected chi connectivity index (χ1v) is 15.4. The topological polar surface area (TPSA) is 94.8 Å². The Bertz CT molecular complexity index is 1740. The lowest BCUT2D eigenvalue weighted by Gasteiger charge is -2.22. The van der Waals surface area contributed by atoms with E-state index in [9.17, 15) is 27.6 Å². The van der Waals surface area contributed by atoms with Crippen LogP contribution < -0.4 is 20.7 Å². The molecule has 0 aliphatic carbocycles. The number of hydrogen-bond acceptors (Lipinski definition) is 5. The lowest BCUT2D eigenvalue weighted by Crippen LogP contribution is -2.37. The van der Waals surface area contributed by atoms with Crippen LogP contribution in [0.5, 0.6) is 0 Å². The van der Waals surface area contributed by atoms with E-state index in [-0.39, 0.29) is 29.2 Å². The van der Waals surface area contributed by atoms with Crippen LogP contribution in [0.3, 0.4) is 0 Å². The Hall–Kier alpha value is -4.64. The van der Waals surface area contributed by atoms with Gasteiger partial charge in [0.05, 0.1) is 28.5 Å². The Balaban J connectivity index is 1.82. The lowest BCUT2D eigenvalue weighted by atomic mass is 9.86. The third-order valence-corrected chi connectivity index (χ3v) is 8.21. The summed E-state index contributed by atoms with van der Waals surface area (Å²) in [5.74, 6) is -1.02. The van der Waals surface area contributed by atoms with Crippen molar-refractivity contribution in [1.82, 2.24) is 5.32 Å². The third kappa shape index (κ3) is 8.40. The standard InChI is InChI=1S/C35H36ClF4N5O2/c1-5-26(35(38,39)40)20-44(4)31-15-13-27(36)17-29(31)25-12-14-32(45(47)19-25)28-11-6-8-21(2)34(46)43-30(18-41)33(42-22(3)37)24-10-7-9-23(28)16-24/h5,7,9-10,12-22,28H,1,6,8,11H2,2-4H3,(H3-,41,42,43,46,47)/p+1/b26-20+. The molecule has 3 atom stereocenters. The second-order valence-electron chi connectivity index (χ2n) is 11.4. The largest absolute Gasteiger partial charge is 0.417 e. The normalized spacial score (nSPS) is 20.3. The summed E-state index contributed by atoms with van der Waals surface area (Å²) in [6, 6.07) is 15.5. The van der Waals surface area contributed by atoms with Gasteiger partial charge in [0.2, 0.25) is 17.8 Å². The van der Waals surface area contributed by atoms with E-state index in [2.05, 4.69) is 16.9 Å². The first-order valence-electron chi connectivity index (χ1n) is 15.0. The highest BCUT2D eigenvalue weighted by atomic mass is 35.5. The summed E-state index contributed by atoms with van der Waals surface area (Å²) in [7, 11) is 1.48. The number of anilines is 1. The van der Waals surface area contributed by atoms with E-state index in [0.717, 1.165) is 22.6 Å². The zero-order valence-electron chi connectivity index (χ0n) is 26.2. The molecule has 1 aromatic heterocycles. The first-order chi connectivity index (χ1) is 22.2. The SMILES string of the molecule is C=C/C(=C\N(C)c1ccc(Cl)cc1-c1ccc(C2CCCC(C)C(=O)NC(=C/N)/C(=N/C(C)F)c3cccc2c3)[n+](O)c1)C(F)(F)F. The third-order valence-electron chi connectivity index (χ3n) is 7.97. The Kier molecular flexibility index (Phi) is 11.1. The highest BCUT2D eigenvalue weighted by Crippen LogP contribution is 2.36. The van der Waals surface area contributed by atoms with Gasteiger partial charge in [-0.25, -0.2) is 9.38 Å². The van der Waals surface area contributed by atoms with Crippen molar-refractivity contribution in [2.75, 3.05) is 11.9 Å². The summed E-state index contributed by atoms with van der Waals surface area (Å²) in [4.78, 5) is 18.4. The maximum atomic E-state index is 14.2. The number of hydrogen-bond donors (Lipinski definition) is 3. The van der Waals surface area contributed by atoms with Gasteiger partial charge in [-0.3, -0.25) is 10.0 Å². The molecule has 2 heterocycles. The zero-order chi connectivity index (χ0) is 34.5. The van der Waals surface area contributed by atoms with Crippen molar-refractivity contribution >= 4 is 28.9 Å². The van der Waals surface area contributed by atoms with Crippen LogP contribution in [0, 0.1) is 5.92 Å². The summed E-state index contributed by atoms with van der Waals surface area (Å²) < 4.78 is 55.6. The van der Waals surface area contributed by atoms with E-state index in [1.165, 1.54) is 31.3 Å². The minimum absolute atomic E-state index is 0.188. The quantitative estimate of drug-likeness (QED) is 0.0829. The summed E-state index contributed by atoms with van der Waals surface area (Å²) in [6.07, 6.45) is -0.0865. The number of aromatic nitrogens is 1. The molecular formula is C35H37ClF4N5O2+. The number of pyridine rings is 1. The molecule has 1 aliphatic heterocycles. The Morgan fingerprint density at radius 1 is 1.19 bits per heavy atom. The molecule has 3 aromatic rings. The van der Waals surface area contributed by atoms with Crippen LogP contribution >= 0.6 is 11.6 Å². The summed E-state index contributed by atoms with van der Waals surface area (Å²) >= 11 is 6.31. The van der Waals surface area contributed by atoms with Gasteiger partial charge in [-0.2, -0.15) is 13.2 Å². The molecular weight excluding hydrogens is 634 g/mol. The minimum atomic E-state index is -4.59. The second-order valence-corrected chi connectivity index (χ2v) is 11.8. The summed E-state index contributed by atoms with van der Waals surface area (Å²) in [5, 5.41) is 14.5. The molecule has 7 nitrogen and oxygen atoms in total. The number of allylic oxidation sites excluding steroid dienone is 3. The summed E-state index contributed by atoms with van der Waals surface area (Å²) in [5.41, 5.74) is 8.58. The number of alkyl halides is 4. The van der Waals surface area contributed by atoms with Crippen LogP contribution in [0.1, 0.15) is 55.8 Å². The predicted molar refractivity (Wildman–Crippen MR) is 176 cm³/mol. The van der Waals surface area contributed by atoms with E-state index in [0.29, 0.717) is 52.4 Å². The number of aliphatic imine (C=N–C) groups is 1. The molecule has 0 radical (unpaired) electrons. The van der Waals surface area contributed by atoms with Gasteiger partial charge in [0.25, 0.3) is 0 Å². The molecule has 12 heteroatoms. The molecule has 4 N–H and O–H groups in total. The molecule has 248 valence electrons. The molecule has 2 bridgehead atoms. The van der Waals surface area contributed by atoms with Crippen LogP contribution in [0.15, 0.2) is 102 Å². The van der Waals surface area contributed by atoms with Gasteiger partial charge in [0.1, 0.15) is 0 Å². The monoisotopic (exact) mass is 670 g/mol. The van der Waals surface area contributed by atoms with Crippen molar-refractivity contribution in [2.24, 2.45) is 16.6 Å². The Morgan fingerprint density at radius 2 is 1.94 bits per heavy atom. The van der Waals surface area contributed by atoms with E-state index >= 15 is 0 Å². The Labute approximate surface area is 276 Å². The molecule has 3 unspecified atom stereocenters. The van der Waals surface area contributed by atoms with Gasteiger partial charge < -0.3 is 16.0 Å². The van der Waals surface area contributed by atoms with Crippen LogP contribution in [0.2, 0.25) is 5.02 Å². The number of carbonyl (C=O) groups is 1. The van der Waals surface area contributed by atoms with Gasteiger partial charge in [-0.15, -0.1) is 0 Å². The van der Waals surface area contributed by atoms with E-state index in [1.807, 2.05) is 12.1 Å². The second kappa shape index (κ2) is 14.8. The fourth-order valence-electron chi connectivity index (χ4n) is 5.56. The number of nitrogens with two attached hydrogens (primary N) is 1. The Morgan fingerprint density at radius 3 is 2.57 bits per heavy atom. The summed E-state index contributed by atoms with van der Waals surface area (Å²) in [6.45, 7) is 6.35. The minimum Gasteiger partial charge on any atom is -0.403 e. The molecule has 2 aromatic carbocycles. The van der Waals surface area contributed by atoms with Crippen molar-refractivity contribution in [3.63, 3.8) is 0 Å². The number of amides is 1. The van der Waals surface area contributed by atoms with Crippen molar-refractivity contribution in [2.45, 2.75) is 51.5 Å². The fourth-order valence-corrected chi connectivity index (χ4v) is 5.74. The molecule has 1 aliphatic rings. The number of fused-ring (bicyclic) bond motifs is 2. The highest BCUT2D eigenvalue weighted by Gasteiger charge is 2.32. The van der Waals surface area contributed by atoms with Gasteiger partial charge in [0.15, 0.2) is 6.30 Å². The maximum absolute atomic E-state index is 14.2. The van der Waals surface area contributed by atoms with Gasteiger partial charge in [0, 0.05) is 58.0 Å². The van der Waals surface area contributed by atoms with E-state index in [1.54, 1.807) is 49.4 Å². The number of rotatable bonds is 6. The number of nitrogens with zero attached hydrogens (tertiary/aromatic N) is 3. The average Bonchev–Trinajstić information content (AvgIpc) is 3.02. The lowest BCUT2D eigenvalue weighted by molar-refractivity contribution is -0.909. The fraction of sp³-hybridized carbons (Fsp3) is 0.286. The molecule has 0 fully saturated rings. The van der Waals surface area contributed by atoms with Gasteiger partial charge in [-0.05, 0) is 55.7 Å². The molecule has 4 rings (SSSR count). The molecule has 0 spiro atoms. The molecule has 47 heavy (non-hydrogen) atoms. The first kappa shape index (κ1) is 35.2. The van der Waals surface area contributed by atoms with Crippen molar-refractivity contribution in [1.29, 1.82) is 0 Å². The van der Waals surface area contributed by atoms with Crippen LogP contribution in [0.4, 0.5) is 23.2 Å². The van der Waals surface area contributed by atoms with Crippen molar-refractivity contribution in [3.8, 4) is 11.1 Å². The number of benzene rings is 2. The van der Waals surface area contributed by atoms with E-state index < -0.39 is 18.0 Å². The molecule has 0 saturated carbocycles. The van der Waals surface area contributed by atoms with E-state index in [4.69, 9.17) is 17.3 Å². The predicted octanol–water partition coefficient (Wildman–Crippen LogP) is 7.57. The van der Waals surface area contributed by atoms with Crippen molar-refractivity contribution in [3.05, 3.63) is 119 Å². The molecule has 1 amide bonds.